The summed E-state index contributed by atoms with van der Waals surface area (Å²) in [6, 6.07) is 2.07. The maximum absolute atomic E-state index is 12.5. The summed E-state index contributed by atoms with van der Waals surface area (Å²) in [5, 5.41) is 14.7. The molecule has 0 fully saturated rings. The Morgan fingerprint density at radius 3 is 3.14 bits per heavy atom. The van der Waals surface area contributed by atoms with Crippen LogP contribution in [0.25, 0.3) is 0 Å². The number of H-pyrrole nitrogens is 1. The van der Waals surface area contributed by atoms with Gasteiger partial charge in [-0.25, -0.2) is 0 Å². The molecule has 0 aliphatic heterocycles. The standard InChI is InChI=1S/C16H23N5O/c1-10(2)6-13-8-15(21(3)20-13)16(22)18-12-4-5-14-11(7-12)9-17-19-14/h8-10,12H,4-7H2,1-3H3,(H,17,19)(H,18,22). The van der Waals surface area contributed by atoms with E-state index in [0.29, 0.717) is 11.6 Å². The van der Waals surface area contributed by atoms with Crippen molar-refractivity contribution in [2.75, 3.05) is 0 Å². The van der Waals surface area contributed by atoms with Crippen LogP contribution in [0, 0.1) is 5.92 Å². The van der Waals surface area contributed by atoms with Gasteiger partial charge in [-0.05, 0) is 43.2 Å². The van der Waals surface area contributed by atoms with E-state index in [-0.39, 0.29) is 11.9 Å². The highest BCUT2D eigenvalue weighted by atomic mass is 16.2. The maximum atomic E-state index is 12.5. The van der Waals surface area contributed by atoms with Gasteiger partial charge in [0.05, 0.1) is 11.9 Å². The average molecular weight is 301 g/mol. The summed E-state index contributed by atoms with van der Waals surface area (Å²) >= 11 is 0. The van der Waals surface area contributed by atoms with E-state index in [4.69, 9.17) is 0 Å². The lowest BCUT2D eigenvalue weighted by Crippen LogP contribution is -2.39. The zero-order valence-corrected chi connectivity index (χ0v) is 13.4. The number of nitrogens with zero attached hydrogens (tertiary/aromatic N) is 3. The normalized spacial score (nSPS) is 17.5. The number of carbonyl (C=O) groups excluding carboxylic acids is 1. The van der Waals surface area contributed by atoms with Gasteiger partial charge >= 0.3 is 0 Å². The van der Waals surface area contributed by atoms with E-state index in [1.807, 2.05) is 19.3 Å². The Morgan fingerprint density at radius 2 is 2.36 bits per heavy atom. The maximum Gasteiger partial charge on any atom is 0.269 e. The number of hydrogen-bond donors (Lipinski definition) is 2. The number of amides is 1. The number of aryl methyl sites for hydroxylation is 2. The number of carbonyl (C=O) groups is 1. The average Bonchev–Trinajstić information content (AvgIpc) is 3.04. The number of fused-ring (bicyclic) bond motifs is 1. The molecule has 0 aromatic carbocycles. The number of aromatic amines is 1. The number of aromatic nitrogens is 4. The van der Waals surface area contributed by atoms with Gasteiger partial charge in [0, 0.05) is 18.8 Å². The fraction of sp³-hybridized carbons (Fsp3) is 0.562. The van der Waals surface area contributed by atoms with Crippen LogP contribution in [0.5, 0.6) is 0 Å². The van der Waals surface area contributed by atoms with Gasteiger partial charge in [-0.15, -0.1) is 0 Å². The molecule has 0 saturated carbocycles. The molecule has 2 heterocycles. The van der Waals surface area contributed by atoms with Crippen molar-refractivity contribution in [3.05, 3.63) is 34.9 Å². The van der Waals surface area contributed by atoms with Gasteiger partial charge in [-0.2, -0.15) is 10.2 Å². The van der Waals surface area contributed by atoms with Crippen LogP contribution in [0.2, 0.25) is 0 Å². The predicted molar refractivity (Wildman–Crippen MR) is 83.6 cm³/mol. The van der Waals surface area contributed by atoms with E-state index >= 15 is 0 Å². The van der Waals surface area contributed by atoms with Crippen molar-refractivity contribution in [1.82, 2.24) is 25.3 Å². The van der Waals surface area contributed by atoms with Gasteiger partial charge in [-0.1, -0.05) is 13.8 Å². The lowest BCUT2D eigenvalue weighted by molar-refractivity contribution is 0.0924. The molecular weight excluding hydrogens is 278 g/mol. The van der Waals surface area contributed by atoms with Crippen LogP contribution in [-0.4, -0.2) is 31.9 Å². The second-order valence-corrected chi connectivity index (χ2v) is 6.53. The molecule has 1 unspecified atom stereocenters. The molecule has 6 heteroatoms. The van der Waals surface area contributed by atoms with Gasteiger partial charge < -0.3 is 5.32 Å². The molecule has 2 aromatic rings. The molecule has 0 bridgehead atoms. The first kappa shape index (κ1) is 14.8. The van der Waals surface area contributed by atoms with E-state index in [0.717, 1.165) is 31.4 Å². The van der Waals surface area contributed by atoms with E-state index in [1.54, 1.807) is 4.68 Å². The van der Waals surface area contributed by atoms with Crippen molar-refractivity contribution in [3.63, 3.8) is 0 Å². The van der Waals surface area contributed by atoms with Gasteiger partial charge in [0.15, 0.2) is 0 Å². The molecule has 22 heavy (non-hydrogen) atoms. The summed E-state index contributed by atoms with van der Waals surface area (Å²) in [6.45, 7) is 4.30. The van der Waals surface area contributed by atoms with Crippen molar-refractivity contribution >= 4 is 5.91 Å². The van der Waals surface area contributed by atoms with E-state index in [2.05, 4.69) is 34.5 Å². The fourth-order valence-corrected chi connectivity index (χ4v) is 3.06. The highest BCUT2D eigenvalue weighted by molar-refractivity contribution is 5.92. The SMILES string of the molecule is CC(C)Cc1cc(C(=O)NC2CCc3[nH]ncc3C2)n(C)n1. The van der Waals surface area contributed by atoms with E-state index < -0.39 is 0 Å². The van der Waals surface area contributed by atoms with Crippen LogP contribution < -0.4 is 5.32 Å². The molecule has 1 aliphatic rings. The third-order valence-electron chi connectivity index (χ3n) is 4.13. The third kappa shape index (κ3) is 3.05. The molecular formula is C16H23N5O. The van der Waals surface area contributed by atoms with Crippen molar-refractivity contribution < 1.29 is 4.79 Å². The Morgan fingerprint density at radius 1 is 1.55 bits per heavy atom. The monoisotopic (exact) mass is 301 g/mol. The summed E-state index contributed by atoms with van der Waals surface area (Å²) in [5.74, 6) is 0.491. The van der Waals surface area contributed by atoms with Crippen LogP contribution in [0.4, 0.5) is 0 Å². The molecule has 3 rings (SSSR count). The molecule has 1 aliphatic carbocycles. The van der Waals surface area contributed by atoms with Gasteiger partial charge in [-0.3, -0.25) is 14.6 Å². The third-order valence-corrected chi connectivity index (χ3v) is 4.13. The smallest absolute Gasteiger partial charge is 0.269 e. The fourth-order valence-electron chi connectivity index (χ4n) is 3.06. The van der Waals surface area contributed by atoms with E-state index in [9.17, 15) is 4.79 Å². The van der Waals surface area contributed by atoms with Crippen molar-refractivity contribution in [3.8, 4) is 0 Å². The molecule has 0 radical (unpaired) electrons. The summed E-state index contributed by atoms with van der Waals surface area (Å²) in [7, 11) is 1.83. The molecule has 1 amide bonds. The quantitative estimate of drug-likeness (QED) is 0.901. The zero-order chi connectivity index (χ0) is 15.7. The lowest BCUT2D eigenvalue weighted by atomic mass is 9.93. The van der Waals surface area contributed by atoms with Crippen LogP contribution in [0.3, 0.4) is 0 Å². The molecule has 6 nitrogen and oxygen atoms in total. The zero-order valence-electron chi connectivity index (χ0n) is 13.4. The molecule has 2 N–H and O–H groups in total. The van der Waals surface area contributed by atoms with Crippen LogP contribution in [-0.2, 0) is 26.3 Å². The first-order chi connectivity index (χ1) is 10.5. The minimum absolute atomic E-state index is 0.0399. The Hall–Kier alpha value is -2.11. The van der Waals surface area contributed by atoms with Crippen molar-refractivity contribution in [2.45, 2.75) is 45.6 Å². The van der Waals surface area contributed by atoms with Gasteiger partial charge in [0.1, 0.15) is 5.69 Å². The van der Waals surface area contributed by atoms with Crippen LogP contribution in [0.15, 0.2) is 12.3 Å². The molecule has 0 spiro atoms. The summed E-state index contributed by atoms with van der Waals surface area (Å²) in [5.41, 5.74) is 4.02. The summed E-state index contributed by atoms with van der Waals surface area (Å²) in [6.07, 6.45) is 5.47. The topological polar surface area (TPSA) is 75.6 Å². The minimum Gasteiger partial charge on any atom is -0.348 e. The molecule has 0 saturated heterocycles. The largest absolute Gasteiger partial charge is 0.348 e. The van der Waals surface area contributed by atoms with Crippen molar-refractivity contribution in [1.29, 1.82) is 0 Å². The molecule has 118 valence electrons. The van der Waals surface area contributed by atoms with Crippen molar-refractivity contribution in [2.24, 2.45) is 13.0 Å². The molecule has 2 aromatic heterocycles. The second-order valence-electron chi connectivity index (χ2n) is 6.53. The lowest BCUT2D eigenvalue weighted by Gasteiger charge is -2.22. The highest BCUT2D eigenvalue weighted by Gasteiger charge is 2.23. The first-order valence-corrected chi connectivity index (χ1v) is 7.88. The predicted octanol–water partition coefficient (Wildman–Crippen LogP) is 1.63. The van der Waals surface area contributed by atoms with Crippen LogP contribution >= 0.6 is 0 Å². The number of rotatable bonds is 4. The first-order valence-electron chi connectivity index (χ1n) is 7.88. The summed E-state index contributed by atoms with van der Waals surface area (Å²) in [4.78, 5) is 12.5. The Balaban J connectivity index is 1.66. The second kappa shape index (κ2) is 5.94. The number of nitrogens with one attached hydrogen (secondary N) is 2. The highest BCUT2D eigenvalue weighted by Crippen LogP contribution is 2.19. The Bertz CT molecular complexity index is 670. The Labute approximate surface area is 130 Å². The Kier molecular flexibility index (Phi) is 4.00. The summed E-state index contributed by atoms with van der Waals surface area (Å²) < 4.78 is 1.68. The van der Waals surface area contributed by atoms with Gasteiger partial charge in [0.2, 0.25) is 0 Å². The number of hydrogen-bond acceptors (Lipinski definition) is 3. The van der Waals surface area contributed by atoms with E-state index in [1.165, 1.54) is 11.3 Å². The van der Waals surface area contributed by atoms with Gasteiger partial charge in [0.25, 0.3) is 5.91 Å². The van der Waals surface area contributed by atoms with Crippen LogP contribution in [0.1, 0.15) is 47.7 Å². The minimum atomic E-state index is -0.0399. The molecule has 1 atom stereocenters.